The van der Waals surface area contributed by atoms with E-state index in [-0.39, 0.29) is 18.4 Å². The third-order valence-electron chi connectivity index (χ3n) is 2.95. The Kier molecular flexibility index (Phi) is 3.09. The molecule has 0 saturated carbocycles. The standard InChI is InChI=1S/C12H13N3O.ClH/c1-8(6-13)15-12-9(7-14-15)2-3-11-10(12)4-5-16-11;/h2-5,7-8H,6,13H2,1H3;1H. The lowest BCUT2D eigenvalue weighted by molar-refractivity contribution is 0.518. The van der Waals surface area contributed by atoms with E-state index in [1.54, 1.807) is 6.26 Å². The molecule has 0 aliphatic carbocycles. The van der Waals surface area contributed by atoms with E-state index in [2.05, 4.69) is 12.0 Å². The number of nitrogens with zero attached hydrogens (tertiary/aromatic N) is 2. The summed E-state index contributed by atoms with van der Waals surface area (Å²) in [6.45, 7) is 2.64. The normalized spacial score (nSPS) is 12.8. The maximum Gasteiger partial charge on any atom is 0.136 e. The number of nitrogens with two attached hydrogens (primary N) is 1. The van der Waals surface area contributed by atoms with Crippen LogP contribution in [-0.4, -0.2) is 16.3 Å². The smallest absolute Gasteiger partial charge is 0.136 e. The van der Waals surface area contributed by atoms with Gasteiger partial charge in [-0.15, -0.1) is 12.4 Å². The molecule has 0 spiro atoms. The third-order valence-corrected chi connectivity index (χ3v) is 2.95. The molecule has 1 aromatic carbocycles. The van der Waals surface area contributed by atoms with Crippen molar-refractivity contribution in [2.24, 2.45) is 5.73 Å². The van der Waals surface area contributed by atoms with Gasteiger partial charge in [-0.2, -0.15) is 5.10 Å². The van der Waals surface area contributed by atoms with Gasteiger partial charge < -0.3 is 10.2 Å². The first kappa shape index (κ1) is 12.0. The molecule has 0 bridgehead atoms. The van der Waals surface area contributed by atoms with E-state index in [0.29, 0.717) is 6.54 Å². The highest BCUT2D eigenvalue weighted by Gasteiger charge is 2.12. The van der Waals surface area contributed by atoms with Crippen LogP contribution in [0.25, 0.3) is 21.9 Å². The van der Waals surface area contributed by atoms with Crippen LogP contribution in [0.3, 0.4) is 0 Å². The second kappa shape index (κ2) is 4.39. The predicted molar refractivity (Wildman–Crippen MR) is 70.5 cm³/mol. The van der Waals surface area contributed by atoms with Gasteiger partial charge in [-0.1, -0.05) is 0 Å². The summed E-state index contributed by atoms with van der Waals surface area (Å²) in [7, 11) is 0. The van der Waals surface area contributed by atoms with Crippen LogP contribution < -0.4 is 5.73 Å². The molecule has 2 N–H and O–H groups in total. The van der Waals surface area contributed by atoms with Crippen LogP contribution in [0.1, 0.15) is 13.0 Å². The van der Waals surface area contributed by atoms with Gasteiger partial charge in [0.05, 0.1) is 24.0 Å². The molecular formula is C12H14ClN3O. The summed E-state index contributed by atoms with van der Waals surface area (Å²) in [5.74, 6) is 0. The molecule has 0 saturated heterocycles. The van der Waals surface area contributed by atoms with Gasteiger partial charge in [0.2, 0.25) is 0 Å². The first-order valence-electron chi connectivity index (χ1n) is 5.35. The zero-order chi connectivity index (χ0) is 11.1. The Hall–Kier alpha value is -1.52. The summed E-state index contributed by atoms with van der Waals surface area (Å²) in [6, 6.07) is 6.15. The zero-order valence-electron chi connectivity index (χ0n) is 9.46. The van der Waals surface area contributed by atoms with E-state index >= 15 is 0 Å². The average molecular weight is 252 g/mol. The van der Waals surface area contributed by atoms with Crippen LogP contribution in [0.2, 0.25) is 0 Å². The van der Waals surface area contributed by atoms with Crippen LogP contribution in [0.5, 0.6) is 0 Å². The molecule has 2 aromatic heterocycles. The van der Waals surface area contributed by atoms with Crippen molar-refractivity contribution in [2.75, 3.05) is 6.54 Å². The summed E-state index contributed by atoms with van der Waals surface area (Å²) < 4.78 is 7.36. The highest BCUT2D eigenvalue weighted by molar-refractivity contribution is 6.03. The molecule has 3 rings (SSSR count). The molecule has 1 unspecified atom stereocenters. The van der Waals surface area contributed by atoms with Crippen LogP contribution in [-0.2, 0) is 0 Å². The minimum atomic E-state index is 0. The number of hydrogen-bond donors (Lipinski definition) is 1. The number of benzene rings is 1. The number of aromatic nitrogens is 2. The van der Waals surface area contributed by atoms with Crippen molar-refractivity contribution in [2.45, 2.75) is 13.0 Å². The van der Waals surface area contributed by atoms with Gasteiger partial charge in [-0.25, -0.2) is 0 Å². The topological polar surface area (TPSA) is 57.0 Å². The molecule has 3 aromatic rings. The van der Waals surface area contributed by atoms with E-state index in [0.717, 1.165) is 21.9 Å². The monoisotopic (exact) mass is 251 g/mol. The Labute approximate surface area is 105 Å². The third kappa shape index (κ3) is 1.69. The lowest BCUT2D eigenvalue weighted by Crippen LogP contribution is -2.16. The summed E-state index contributed by atoms with van der Waals surface area (Å²) in [5.41, 5.74) is 7.68. The molecule has 0 amide bonds. The van der Waals surface area contributed by atoms with Crippen LogP contribution in [0, 0.1) is 0 Å². The second-order valence-corrected chi connectivity index (χ2v) is 4.01. The molecule has 0 fully saturated rings. The summed E-state index contributed by atoms with van der Waals surface area (Å²) in [4.78, 5) is 0. The highest BCUT2D eigenvalue weighted by Crippen LogP contribution is 2.27. The molecule has 17 heavy (non-hydrogen) atoms. The van der Waals surface area contributed by atoms with Crippen LogP contribution in [0.15, 0.2) is 35.1 Å². The van der Waals surface area contributed by atoms with E-state index in [1.165, 1.54) is 0 Å². The maximum absolute atomic E-state index is 5.69. The van der Waals surface area contributed by atoms with Crippen molar-refractivity contribution in [1.82, 2.24) is 9.78 Å². The van der Waals surface area contributed by atoms with Crippen molar-refractivity contribution in [3.63, 3.8) is 0 Å². The van der Waals surface area contributed by atoms with Gasteiger partial charge in [0.1, 0.15) is 5.58 Å². The van der Waals surface area contributed by atoms with Crippen molar-refractivity contribution in [3.8, 4) is 0 Å². The van der Waals surface area contributed by atoms with Gasteiger partial charge in [0.15, 0.2) is 0 Å². The fourth-order valence-electron chi connectivity index (χ4n) is 2.02. The van der Waals surface area contributed by atoms with Crippen molar-refractivity contribution in [3.05, 3.63) is 30.7 Å². The molecular weight excluding hydrogens is 238 g/mol. The molecule has 0 aliphatic heterocycles. The Morgan fingerprint density at radius 2 is 2.24 bits per heavy atom. The molecule has 5 heteroatoms. The Bertz CT molecular complexity index is 643. The molecule has 1 atom stereocenters. The van der Waals surface area contributed by atoms with Crippen molar-refractivity contribution in [1.29, 1.82) is 0 Å². The van der Waals surface area contributed by atoms with Crippen molar-refractivity contribution < 1.29 is 4.42 Å². The van der Waals surface area contributed by atoms with E-state index in [1.807, 2.05) is 29.1 Å². The number of halogens is 1. The van der Waals surface area contributed by atoms with Gasteiger partial charge in [-0.05, 0) is 25.1 Å². The van der Waals surface area contributed by atoms with Crippen LogP contribution in [0.4, 0.5) is 0 Å². The zero-order valence-corrected chi connectivity index (χ0v) is 10.3. The Balaban J connectivity index is 0.00000108. The number of fused-ring (bicyclic) bond motifs is 3. The molecule has 2 heterocycles. The number of hydrogen-bond acceptors (Lipinski definition) is 3. The largest absolute Gasteiger partial charge is 0.464 e. The van der Waals surface area contributed by atoms with E-state index in [9.17, 15) is 0 Å². The van der Waals surface area contributed by atoms with Gasteiger partial charge >= 0.3 is 0 Å². The molecule has 4 nitrogen and oxygen atoms in total. The maximum atomic E-state index is 5.69. The first-order chi connectivity index (χ1) is 7.81. The highest BCUT2D eigenvalue weighted by atomic mass is 35.5. The Morgan fingerprint density at radius 1 is 1.41 bits per heavy atom. The summed E-state index contributed by atoms with van der Waals surface area (Å²) >= 11 is 0. The van der Waals surface area contributed by atoms with Gasteiger partial charge in [0.25, 0.3) is 0 Å². The number of rotatable bonds is 2. The Morgan fingerprint density at radius 3 is 3.00 bits per heavy atom. The predicted octanol–water partition coefficient (Wildman–Crippen LogP) is 2.72. The van der Waals surface area contributed by atoms with E-state index < -0.39 is 0 Å². The quantitative estimate of drug-likeness (QED) is 0.762. The SMILES string of the molecule is CC(CN)n1ncc2ccc3occc3c21.Cl. The first-order valence-corrected chi connectivity index (χ1v) is 5.35. The second-order valence-electron chi connectivity index (χ2n) is 4.01. The van der Waals surface area contributed by atoms with Gasteiger partial charge in [0, 0.05) is 17.3 Å². The molecule has 0 radical (unpaired) electrons. The average Bonchev–Trinajstić information content (AvgIpc) is 2.92. The fourth-order valence-corrected chi connectivity index (χ4v) is 2.02. The summed E-state index contributed by atoms with van der Waals surface area (Å²) in [6.07, 6.45) is 3.57. The number of furan rings is 1. The minimum absolute atomic E-state index is 0. The van der Waals surface area contributed by atoms with Crippen LogP contribution >= 0.6 is 12.4 Å². The lowest BCUT2D eigenvalue weighted by atomic mass is 10.2. The molecule has 90 valence electrons. The minimum Gasteiger partial charge on any atom is -0.464 e. The summed E-state index contributed by atoms with van der Waals surface area (Å²) in [5, 5.41) is 6.60. The van der Waals surface area contributed by atoms with E-state index in [4.69, 9.17) is 10.2 Å². The lowest BCUT2D eigenvalue weighted by Gasteiger charge is -2.10. The van der Waals surface area contributed by atoms with Crippen molar-refractivity contribution >= 4 is 34.3 Å². The molecule has 0 aliphatic rings. The van der Waals surface area contributed by atoms with Gasteiger partial charge in [-0.3, -0.25) is 4.68 Å². The fraction of sp³-hybridized carbons (Fsp3) is 0.250.